The van der Waals surface area contributed by atoms with Crippen molar-refractivity contribution in [3.63, 3.8) is 0 Å². The molecule has 0 aromatic heterocycles. The van der Waals surface area contributed by atoms with Crippen molar-refractivity contribution in [1.29, 1.82) is 0 Å². The van der Waals surface area contributed by atoms with Gasteiger partial charge in [0.2, 0.25) is 0 Å². The van der Waals surface area contributed by atoms with Crippen LogP contribution in [0.1, 0.15) is 84.0 Å². The third-order valence-corrected chi connectivity index (χ3v) is 6.05. The van der Waals surface area contributed by atoms with Gasteiger partial charge in [0.15, 0.2) is 0 Å². The van der Waals surface area contributed by atoms with Crippen LogP contribution in [0.2, 0.25) is 0 Å². The topological polar surface area (TPSA) is 171 Å². The fourth-order valence-corrected chi connectivity index (χ4v) is 3.36. The molecule has 0 saturated heterocycles. The number of hydrogen-bond acceptors (Lipinski definition) is 9. The monoisotopic (exact) mass is 464 g/mol. The van der Waals surface area contributed by atoms with Gasteiger partial charge in [-0.1, -0.05) is 77.6 Å². The maximum Gasteiger partial charge on any atom is 0.334 e. The molecule has 0 bridgehead atoms. The van der Waals surface area contributed by atoms with Crippen LogP contribution in [0.3, 0.4) is 0 Å². The van der Waals surface area contributed by atoms with E-state index < -0.39 is 28.7 Å². The highest BCUT2D eigenvalue weighted by Crippen LogP contribution is 2.41. The van der Waals surface area contributed by atoms with Crippen molar-refractivity contribution in [2.45, 2.75) is 90.1 Å². The van der Waals surface area contributed by atoms with E-state index in [0.29, 0.717) is 6.42 Å². The van der Waals surface area contributed by atoms with Crippen molar-refractivity contribution < 1.29 is 44.3 Å². The van der Waals surface area contributed by atoms with Crippen molar-refractivity contribution >= 4 is 17.2 Å². The summed E-state index contributed by atoms with van der Waals surface area (Å²) in [6.07, 6.45) is 13.4. The molecule has 0 rings (SSSR count). The van der Waals surface area contributed by atoms with E-state index in [2.05, 4.69) is 11.2 Å². The lowest BCUT2D eigenvalue weighted by atomic mass is 9.82. The highest BCUT2D eigenvalue weighted by Gasteiger charge is 2.35. The molecule has 0 fully saturated rings. The van der Waals surface area contributed by atoms with Gasteiger partial charge in [-0.15, -0.1) is 0 Å². The Morgan fingerprint density at radius 2 is 1.00 bits per heavy atom. The summed E-state index contributed by atoms with van der Waals surface area (Å²) in [5.41, 5.74) is -1.15. The Morgan fingerprint density at radius 3 is 1.28 bits per heavy atom. The predicted octanol–water partition coefficient (Wildman–Crippen LogP) is 2.44. The van der Waals surface area contributed by atoms with E-state index >= 15 is 0 Å². The fourth-order valence-electron chi connectivity index (χ4n) is 2.84. The lowest BCUT2D eigenvalue weighted by Crippen LogP contribution is -2.45. The molecule has 0 saturated carbocycles. The normalized spacial score (nSPS) is 12.9. The van der Waals surface area contributed by atoms with Gasteiger partial charge in [-0.3, -0.25) is 0 Å². The van der Waals surface area contributed by atoms with Crippen molar-refractivity contribution in [3.05, 3.63) is 0 Å². The van der Waals surface area contributed by atoms with Gasteiger partial charge in [0.05, 0.1) is 31.3 Å². The molecule has 0 heterocycles. The zero-order chi connectivity index (χ0) is 22.5. The van der Waals surface area contributed by atoms with Gasteiger partial charge in [-0.05, 0) is 6.42 Å². The lowest BCUT2D eigenvalue weighted by Gasteiger charge is -2.32. The number of hydrogen-bond donors (Lipinski definition) is 8. The lowest BCUT2D eigenvalue weighted by molar-refractivity contribution is -0.0863. The van der Waals surface area contributed by atoms with Crippen LogP contribution < -0.4 is 0 Å². The van der Waals surface area contributed by atoms with Crippen LogP contribution in [0.4, 0.5) is 0 Å². The van der Waals surface area contributed by atoms with Crippen LogP contribution in [0, 0.1) is 5.41 Å². The summed E-state index contributed by atoms with van der Waals surface area (Å²) in [5.74, 6) is 0. The van der Waals surface area contributed by atoms with Gasteiger partial charge < -0.3 is 40.0 Å². The molecule has 0 aromatic rings. The maximum atomic E-state index is 10.0. The van der Waals surface area contributed by atoms with E-state index in [0.717, 1.165) is 12.8 Å². The number of aliphatic hydroxyl groups excluding tert-OH is 4. The second kappa shape index (κ2) is 21.7. The quantitative estimate of drug-likeness (QED) is 0.112. The molecule has 11 heteroatoms. The van der Waals surface area contributed by atoms with Crippen LogP contribution in [-0.4, -0.2) is 65.9 Å². The van der Waals surface area contributed by atoms with Crippen LogP contribution >= 0.6 is 17.2 Å². The van der Waals surface area contributed by atoms with Crippen molar-refractivity contribution in [3.8, 4) is 0 Å². The Balaban J connectivity index is 0. The van der Waals surface area contributed by atoms with Gasteiger partial charge in [0.1, 0.15) is 0 Å². The molecule has 8 N–H and O–H groups in total. The fraction of sp³-hybridized carbons (Fsp3) is 1.00. The highest BCUT2D eigenvalue weighted by atomic mass is 31.2. The maximum absolute atomic E-state index is 10.0. The number of rotatable bonds is 18. The Bertz CT molecular complexity index is 318. The first kappa shape index (κ1) is 31.7. The largest absolute Gasteiger partial charge is 0.396 e. The third kappa shape index (κ3) is 18.9. The first-order chi connectivity index (χ1) is 13.8. The van der Waals surface area contributed by atoms with Gasteiger partial charge >= 0.3 is 17.2 Å². The first-order valence-corrected chi connectivity index (χ1v) is 12.7. The van der Waals surface area contributed by atoms with Crippen LogP contribution in [0.25, 0.3) is 0 Å². The Morgan fingerprint density at radius 1 is 0.655 bits per heavy atom. The number of aliphatic hydroxyl groups is 4. The molecule has 1 unspecified atom stereocenters. The average molecular weight is 464 g/mol. The Kier molecular flexibility index (Phi) is 23.7. The van der Waals surface area contributed by atoms with Gasteiger partial charge in [0.25, 0.3) is 0 Å². The molecule has 0 aliphatic rings. The van der Waals surface area contributed by atoms with E-state index in [4.69, 9.17) is 19.6 Å². The van der Waals surface area contributed by atoms with Crippen LogP contribution in [0.5, 0.6) is 0 Å². The summed E-state index contributed by atoms with van der Waals surface area (Å²) in [5, 5.41) is 37.8. The second-order valence-corrected chi connectivity index (χ2v) is 8.93. The Hall–Kier alpha value is 0.500. The third-order valence-electron chi connectivity index (χ3n) is 4.88. The van der Waals surface area contributed by atoms with E-state index in [1.165, 1.54) is 57.8 Å². The molecule has 178 valence electrons. The minimum absolute atomic E-state index is 0.390. The smallest absolute Gasteiger partial charge is 0.334 e. The summed E-state index contributed by atoms with van der Waals surface area (Å²) >= 11 is 0. The average Bonchev–Trinajstić information content (AvgIpc) is 2.67. The molecule has 0 spiro atoms. The molecule has 9 nitrogen and oxygen atoms in total. The Labute approximate surface area is 177 Å². The van der Waals surface area contributed by atoms with E-state index in [9.17, 15) is 20.4 Å². The zero-order valence-electron chi connectivity index (χ0n) is 17.6. The summed E-state index contributed by atoms with van der Waals surface area (Å²) in [6.45, 7) is 1.07. The zero-order valence-corrected chi connectivity index (χ0v) is 19.4. The summed E-state index contributed by atoms with van der Waals surface area (Å²) < 4.78 is 3.60. The minimum Gasteiger partial charge on any atom is -0.396 e. The first-order valence-electron chi connectivity index (χ1n) is 10.3. The standard InChI is InChI=1S/C18H38O4.H4O5P2/c1-2-3-4-5-6-7-8-9-10-11-12-13-17(22)18(14-19,15-20)16-21;1-6(2)5-7(3)4/h17,19-22H,2-16H2,1H3;1-4H. The van der Waals surface area contributed by atoms with E-state index in [1.807, 2.05) is 0 Å². The molecule has 0 aliphatic heterocycles. The molecule has 1 atom stereocenters. The molecule has 0 aliphatic carbocycles. The molecular weight excluding hydrogens is 422 g/mol. The van der Waals surface area contributed by atoms with Gasteiger partial charge in [-0.25, -0.2) is 4.31 Å². The molecule has 29 heavy (non-hydrogen) atoms. The molecule has 0 amide bonds. The van der Waals surface area contributed by atoms with Gasteiger partial charge in [0, 0.05) is 0 Å². The molecule has 0 radical (unpaired) electrons. The van der Waals surface area contributed by atoms with Crippen molar-refractivity contribution in [2.24, 2.45) is 5.41 Å². The van der Waals surface area contributed by atoms with E-state index in [-0.39, 0.29) is 19.8 Å². The van der Waals surface area contributed by atoms with Crippen molar-refractivity contribution in [2.75, 3.05) is 19.8 Å². The van der Waals surface area contributed by atoms with Crippen LogP contribution in [0.15, 0.2) is 0 Å². The van der Waals surface area contributed by atoms with Crippen LogP contribution in [-0.2, 0) is 4.31 Å². The SMILES string of the molecule is CCCCCCCCCCCCCC(O)C(CO)(CO)CO.OP(O)OP(O)O. The predicted molar refractivity (Wildman–Crippen MR) is 115 cm³/mol. The summed E-state index contributed by atoms with van der Waals surface area (Å²) in [4.78, 5) is 31.3. The number of unbranched alkanes of at least 4 members (excludes halogenated alkanes) is 10. The second-order valence-electron chi connectivity index (χ2n) is 7.26. The minimum atomic E-state index is -2.61. The molecule has 0 aromatic carbocycles. The molecular formula is C18H42O9P2. The highest BCUT2D eigenvalue weighted by molar-refractivity contribution is 7.53. The summed E-state index contributed by atoms with van der Waals surface area (Å²) in [6, 6.07) is 0. The van der Waals surface area contributed by atoms with Crippen molar-refractivity contribution in [1.82, 2.24) is 0 Å². The summed E-state index contributed by atoms with van der Waals surface area (Å²) in [7, 11) is -5.22. The van der Waals surface area contributed by atoms with E-state index in [1.54, 1.807) is 0 Å². The van der Waals surface area contributed by atoms with Gasteiger partial charge in [-0.2, -0.15) is 0 Å².